The average molecular weight is 309 g/mol. The summed E-state index contributed by atoms with van der Waals surface area (Å²) >= 11 is 0. The highest BCUT2D eigenvalue weighted by Gasteiger charge is 2.43. The molecule has 1 aromatic carbocycles. The molecule has 4 heteroatoms. The maximum Gasteiger partial charge on any atom is 0.242 e. The highest BCUT2D eigenvalue weighted by Crippen LogP contribution is 2.32. The highest BCUT2D eigenvalue weighted by molar-refractivity contribution is 5.87. The zero-order valence-electron chi connectivity index (χ0n) is 12.5. The van der Waals surface area contributed by atoms with Crippen molar-refractivity contribution in [1.82, 2.24) is 4.90 Å². The van der Waals surface area contributed by atoms with Gasteiger partial charge in [0.2, 0.25) is 5.91 Å². The Balaban J connectivity index is 0.00000161. The van der Waals surface area contributed by atoms with E-state index in [-0.39, 0.29) is 18.3 Å². The van der Waals surface area contributed by atoms with E-state index in [1.807, 2.05) is 4.90 Å². The largest absolute Gasteiger partial charge is 0.341 e. The van der Waals surface area contributed by atoms with Crippen molar-refractivity contribution < 1.29 is 4.79 Å². The zero-order chi connectivity index (χ0) is 14.0. The van der Waals surface area contributed by atoms with Crippen molar-refractivity contribution in [2.75, 3.05) is 13.1 Å². The molecule has 2 N–H and O–H groups in total. The summed E-state index contributed by atoms with van der Waals surface area (Å²) in [5.41, 5.74) is 7.03. The van der Waals surface area contributed by atoms with Gasteiger partial charge in [0.05, 0.1) is 5.54 Å². The Kier molecular flexibility index (Phi) is 5.28. The summed E-state index contributed by atoms with van der Waals surface area (Å²) in [7, 11) is 0. The molecule has 1 heterocycles. The van der Waals surface area contributed by atoms with Crippen molar-refractivity contribution in [2.45, 2.75) is 44.1 Å². The van der Waals surface area contributed by atoms with Crippen LogP contribution in [0.25, 0.3) is 0 Å². The Morgan fingerprint density at radius 2 is 1.81 bits per heavy atom. The number of nitrogens with two attached hydrogens (primary N) is 1. The van der Waals surface area contributed by atoms with Gasteiger partial charge in [-0.25, -0.2) is 0 Å². The minimum absolute atomic E-state index is 0. The van der Waals surface area contributed by atoms with Gasteiger partial charge in [-0.05, 0) is 50.0 Å². The molecule has 3 rings (SSSR count). The van der Waals surface area contributed by atoms with Gasteiger partial charge in [0.15, 0.2) is 0 Å². The number of piperidine rings is 1. The summed E-state index contributed by atoms with van der Waals surface area (Å²) in [6.45, 7) is 1.77. The first-order valence-corrected chi connectivity index (χ1v) is 7.79. The molecule has 0 atom stereocenters. The van der Waals surface area contributed by atoms with E-state index in [4.69, 9.17) is 5.73 Å². The van der Waals surface area contributed by atoms with Gasteiger partial charge in [-0.1, -0.05) is 30.3 Å². The molecule has 0 aromatic heterocycles. The lowest BCUT2D eigenvalue weighted by Crippen LogP contribution is -2.60. The monoisotopic (exact) mass is 308 g/mol. The van der Waals surface area contributed by atoms with Crippen LogP contribution in [0.1, 0.15) is 37.7 Å². The molecule has 3 nitrogen and oxygen atoms in total. The molecule has 1 amide bonds. The smallest absolute Gasteiger partial charge is 0.242 e. The predicted molar refractivity (Wildman–Crippen MR) is 87.5 cm³/mol. The number of benzene rings is 1. The molecule has 116 valence electrons. The molecule has 0 bridgehead atoms. The van der Waals surface area contributed by atoms with Crippen LogP contribution in [-0.2, 0) is 11.2 Å². The van der Waals surface area contributed by atoms with Gasteiger partial charge in [0, 0.05) is 13.1 Å². The normalized spacial score (nSPS) is 21.3. The molecule has 21 heavy (non-hydrogen) atoms. The summed E-state index contributed by atoms with van der Waals surface area (Å²) in [6, 6.07) is 10.6. The van der Waals surface area contributed by atoms with Crippen molar-refractivity contribution in [3.05, 3.63) is 35.9 Å². The molecular weight excluding hydrogens is 284 g/mol. The molecule has 1 aliphatic carbocycles. The highest BCUT2D eigenvalue weighted by atomic mass is 35.5. The standard InChI is InChI=1S/C17H24N2O.ClH/c18-17(9-4-10-17)16(20)19-11-7-15(8-12-19)13-14-5-2-1-3-6-14;/h1-3,5-6,15H,4,7-13,18H2;1H. The summed E-state index contributed by atoms with van der Waals surface area (Å²) in [4.78, 5) is 14.4. The van der Waals surface area contributed by atoms with Crippen molar-refractivity contribution in [2.24, 2.45) is 11.7 Å². The van der Waals surface area contributed by atoms with Gasteiger partial charge >= 0.3 is 0 Å². The number of rotatable bonds is 3. The molecule has 1 saturated heterocycles. The fourth-order valence-electron chi connectivity index (χ4n) is 3.37. The number of nitrogens with zero attached hydrogens (tertiary/aromatic N) is 1. The summed E-state index contributed by atoms with van der Waals surface area (Å²) in [5, 5.41) is 0. The maximum atomic E-state index is 12.4. The first-order chi connectivity index (χ1) is 9.67. The van der Waals surface area contributed by atoms with Gasteiger partial charge in [0.25, 0.3) is 0 Å². The fourth-order valence-corrected chi connectivity index (χ4v) is 3.37. The Bertz CT molecular complexity index is 465. The zero-order valence-corrected chi connectivity index (χ0v) is 13.3. The molecule has 1 saturated carbocycles. The van der Waals surface area contributed by atoms with E-state index >= 15 is 0 Å². The van der Waals surface area contributed by atoms with Crippen molar-refractivity contribution >= 4 is 18.3 Å². The SMILES string of the molecule is Cl.NC1(C(=O)N2CCC(Cc3ccccc3)CC2)CCC1. The second-order valence-electron chi connectivity index (χ2n) is 6.43. The summed E-state index contributed by atoms with van der Waals surface area (Å²) in [5.74, 6) is 0.901. The van der Waals surface area contributed by atoms with Crippen LogP contribution in [0, 0.1) is 5.92 Å². The van der Waals surface area contributed by atoms with Crippen molar-refractivity contribution in [1.29, 1.82) is 0 Å². The molecule has 0 unspecified atom stereocenters. The van der Waals surface area contributed by atoms with Gasteiger partial charge < -0.3 is 10.6 Å². The third-order valence-electron chi connectivity index (χ3n) is 4.94. The Labute approximate surface area is 133 Å². The summed E-state index contributed by atoms with van der Waals surface area (Å²) in [6.07, 6.45) is 6.20. The number of hydrogen-bond acceptors (Lipinski definition) is 2. The second kappa shape index (κ2) is 6.80. The number of hydrogen-bond donors (Lipinski definition) is 1. The quantitative estimate of drug-likeness (QED) is 0.933. The minimum atomic E-state index is -0.522. The molecule has 0 radical (unpaired) electrons. The van der Waals surface area contributed by atoms with Crippen molar-refractivity contribution in [3.8, 4) is 0 Å². The Morgan fingerprint density at radius 1 is 1.19 bits per heavy atom. The van der Waals surface area contributed by atoms with E-state index in [1.54, 1.807) is 0 Å². The number of carbonyl (C=O) groups excluding carboxylic acids is 1. The topological polar surface area (TPSA) is 46.3 Å². The molecule has 0 spiro atoms. The van der Waals surface area contributed by atoms with Crippen molar-refractivity contribution in [3.63, 3.8) is 0 Å². The van der Waals surface area contributed by atoms with Gasteiger partial charge in [-0.15, -0.1) is 12.4 Å². The van der Waals surface area contributed by atoms with Gasteiger partial charge in [0.1, 0.15) is 0 Å². The van der Waals surface area contributed by atoms with E-state index in [0.717, 1.165) is 51.6 Å². The van der Waals surface area contributed by atoms with Crippen LogP contribution >= 0.6 is 12.4 Å². The lowest BCUT2D eigenvalue weighted by atomic mass is 9.76. The first kappa shape index (κ1) is 16.3. The van der Waals surface area contributed by atoms with E-state index in [0.29, 0.717) is 5.92 Å². The van der Waals surface area contributed by atoms with Crippen LogP contribution in [0.15, 0.2) is 30.3 Å². The van der Waals surface area contributed by atoms with Crippen LogP contribution in [0.5, 0.6) is 0 Å². The number of halogens is 1. The van der Waals surface area contributed by atoms with Crippen LogP contribution in [0.3, 0.4) is 0 Å². The maximum absolute atomic E-state index is 12.4. The van der Waals surface area contributed by atoms with E-state index in [2.05, 4.69) is 30.3 Å². The minimum Gasteiger partial charge on any atom is -0.341 e. The molecule has 1 aromatic rings. The Hall–Kier alpha value is -1.06. The van der Waals surface area contributed by atoms with Crippen LogP contribution < -0.4 is 5.73 Å². The lowest BCUT2D eigenvalue weighted by molar-refractivity contribution is -0.141. The average Bonchev–Trinajstić information content (AvgIpc) is 2.46. The third kappa shape index (κ3) is 3.58. The molecule has 2 fully saturated rings. The van der Waals surface area contributed by atoms with E-state index < -0.39 is 5.54 Å². The molecular formula is C17H25ClN2O. The number of amides is 1. The molecule has 1 aliphatic heterocycles. The van der Waals surface area contributed by atoms with Crippen LogP contribution in [0.2, 0.25) is 0 Å². The Morgan fingerprint density at radius 3 is 2.33 bits per heavy atom. The number of carbonyl (C=O) groups is 1. The fraction of sp³-hybridized carbons (Fsp3) is 0.588. The predicted octanol–water partition coefficient (Wildman–Crippen LogP) is 2.77. The van der Waals surface area contributed by atoms with Gasteiger partial charge in [-0.3, -0.25) is 4.79 Å². The number of likely N-dealkylation sites (tertiary alicyclic amines) is 1. The second-order valence-corrected chi connectivity index (χ2v) is 6.43. The molecule has 2 aliphatic rings. The van der Waals surface area contributed by atoms with E-state index in [1.165, 1.54) is 5.56 Å². The van der Waals surface area contributed by atoms with Crippen LogP contribution in [-0.4, -0.2) is 29.4 Å². The lowest BCUT2D eigenvalue weighted by Gasteiger charge is -2.42. The first-order valence-electron chi connectivity index (χ1n) is 7.79. The third-order valence-corrected chi connectivity index (χ3v) is 4.94. The van der Waals surface area contributed by atoms with E-state index in [9.17, 15) is 4.79 Å². The van der Waals surface area contributed by atoms with Gasteiger partial charge in [-0.2, -0.15) is 0 Å². The summed E-state index contributed by atoms with van der Waals surface area (Å²) < 4.78 is 0. The van der Waals surface area contributed by atoms with Crippen LogP contribution in [0.4, 0.5) is 0 Å².